The fourth-order valence-corrected chi connectivity index (χ4v) is 3.72. The summed E-state index contributed by atoms with van der Waals surface area (Å²) in [6.07, 6.45) is 2.93. The Morgan fingerprint density at radius 3 is 2.37 bits per heavy atom. The highest BCUT2D eigenvalue weighted by molar-refractivity contribution is 5.79. The van der Waals surface area contributed by atoms with Crippen molar-refractivity contribution < 1.29 is 23.1 Å². The van der Waals surface area contributed by atoms with Crippen LogP contribution in [0.25, 0.3) is 0 Å². The number of carbonyl (C=O) groups excluding carboxylic acids is 2. The first-order valence-corrected chi connectivity index (χ1v) is 9.60. The number of likely N-dealkylation sites (tertiary alicyclic amines) is 1. The van der Waals surface area contributed by atoms with Crippen molar-refractivity contribution in [2.45, 2.75) is 32.1 Å². The van der Waals surface area contributed by atoms with Gasteiger partial charge in [0, 0.05) is 38.2 Å². The van der Waals surface area contributed by atoms with E-state index < -0.39 is 11.6 Å². The Morgan fingerprint density at radius 1 is 1.00 bits per heavy atom. The van der Waals surface area contributed by atoms with E-state index in [9.17, 15) is 18.4 Å². The van der Waals surface area contributed by atoms with Crippen LogP contribution in [0.15, 0.2) is 18.2 Å². The number of halogens is 2. The first-order chi connectivity index (χ1) is 13.0. The molecular formula is C20H26F2N2O3. The van der Waals surface area contributed by atoms with Crippen molar-refractivity contribution in [2.24, 2.45) is 5.92 Å². The van der Waals surface area contributed by atoms with E-state index in [0.29, 0.717) is 51.7 Å². The number of nitrogens with zero attached hydrogens (tertiary/aromatic N) is 2. The van der Waals surface area contributed by atoms with Crippen molar-refractivity contribution in [1.29, 1.82) is 0 Å². The molecule has 148 valence electrons. The second-order valence-corrected chi connectivity index (χ2v) is 7.27. The van der Waals surface area contributed by atoms with E-state index >= 15 is 0 Å². The summed E-state index contributed by atoms with van der Waals surface area (Å²) in [5.41, 5.74) is 0.0956. The maximum Gasteiger partial charge on any atom is 0.227 e. The van der Waals surface area contributed by atoms with Gasteiger partial charge in [0.2, 0.25) is 11.8 Å². The largest absolute Gasteiger partial charge is 0.378 e. The predicted molar refractivity (Wildman–Crippen MR) is 96.0 cm³/mol. The van der Waals surface area contributed by atoms with Gasteiger partial charge in [-0.05, 0) is 43.4 Å². The average Bonchev–Trinajstić information content (AvgIpc) is 2.70. The molecule has 2 saturated heterocycles. The van der Waals surface area contributed by atoms with Crippen LogP contribution >= 0.6 is 0 Å². The van der Waals surface area contributed by atoms with Crippen LogP contribution in [0.3, 0.4) is 0 Å². The molecule has 2 aliphatic heterocycles. The summed E-state index contributed by atoms with van der Waals surface area (Å²) in [5.74, 6) is -0.672. The van der Waals surface area contributed by atoms with E-state index in [1.807, 2.05) is 4.90 Å². The van der Waals surface area contributed by atoms with Gasteiger partial charge in [0.25, 0.3) is 0 Å². The van der Waals surface area contributed by atoms with Crippen LogP contribution in [-0.4, -0.2) is 61.0 Å². The molecule has 2 fully saturated rings. The number of piperidine rings is 1. The van der Waals surface area contributed by atoms with E-state index in [0.717, 1.165) is 37.5 Å². The van der Waals surface area contributed by atoms with E-state index in [-0.39, 0.29) is 23.8 Å². The summed E-state index contributed by atoms with van der Waals surface area (Å²) in [6.45, 7) is 3.76. The highest BCUT2D eigenvalue weighted by atomic mass is 19.1. The van der Waals surface area contributed by atoms with Gasteiger partial charge < -0.3 is 14.5 Å². The zero-order valence-corrected chi connectivity index (χ0v) is 15.5. The topological polar surface area (TPSA) is 49.9 Å². The van der Waals surface area contributed by atoms with Gasteiger partial charge in [0.1, 0.15) is 11.6 Å². The molecule has 7 heteroatoms. The van der Waals surface area contributed by atoms with Crippen LogP contribution in [0.5, 0.6) is 0 Å². The molecular weight excluding hydrogens is 354 g/mol. The predicted octanol–water partition coefficient (Wildman–Crippen LogP) is 2.38. The van der Waals surface area contributed by atoms with Gasteiger partial charge in [-0.2, -0.15) is 0 Å². The number of rotatable bonds is 5. The Kier molecular flexibility index (Phi) is 6.77. The van der Waals surface area contributed by atoms with Gasteiger partial charge in [-0.1, -0.05) is 0 Å². The molecule has 0 aliphatic carbocycles. The third kappa shape index (κ3) is 5.48. The fourth-order valence-electron chi connectivity index (χ4n) is 3.72. The van der Waals surface area contributed by atoms with Crippen LogP contribution in [0.2, 0.25) is 0 Å². The zero-order valence-electron chi connectivity index (χ0n) is 15.5. The summed E-state index contributed by atoms with van der Waals surface area (Å²) in [5, 5.41) is 0. The molecule has 0 radical (unpaired) electrons. The Balaban J connectivity index is 1.41. The quantitative estimate of drug-likeness (QED) is 0.788. The highest BCUT2D eigenvalue weighted by Gasteiger charge is 2.25. The number of amides is 2. The summed E-state index contributed by atoms with van der Waals surface area (Å²) < 4.78 is 32.2. The molecule has 2 heterocycles. The lowest BCUT2D eigenvalue weighted by Crippen LogP contribution is -2.41. The van der Waals surface area contributed by atoms with E-state index in [4.69, 9.17) is 4.74 Å². The maximum absolute atomic E-state index is 13.7. The molecule has 0 unspecified atom stereocenters. The first-order valence-electron chi connectivity index (χ1n) is 9.60. The summed E-state index contributed by atoms with van der Waals surface area (Å²) in [7, 11) is 0. The Bertz CT molecular complexity index is 669. The molecule has 0 N–H and O–H groups in total. The number of hydrogen-bond donors (Lipinski definition) is 0. The molecule has 0 bridgehead atoms. The zero-order chi connectivity index (χ0) is 19.2. The van der Waals surface area contributed by atoms with Gasteiger partial charge in [-0.3, -0.25) is 9.59 Å². The smallest absolute Gasteiger partial charge is 0.227 e. The van der Waals surface area contributed by atoms with Crippen molar-refractivity contribution >= 4 is 11.8 Å². The minimum absolute atomic E-state index is 0.0956. The molecule has 0 aromatic heterocycles. The lowest BCUT2D eigenvalue weighted by Gasteiger charge is -2.33. The minimum Gasteiger partial charge on any atom is -0.378 e. The van der Waals surface area contributed by atoms with Gasteiger partial charge in [0.05, 0.1) is 19.6 Å². The number of morpholine rings is 1. The summed E-state index contributed by atoms with van der Waals surface area (Å²) in [6, 6.07) is 3.18. The molecule has 2 amide bonds. The van der Waals surface area contributed by atoms with Gasteiger partial charge in [0.15, 0.2) is 0 Å². The monoisotopic (exact) mass is 380 g/mol. The van der Waals surface area contributed by atoms with Crippen LogP contribution in [0, 0.1) is 17.6 Å². The minimum atomic E-state index is -0.554. The maximum atomic E-state index is 13.7. The number of benzene rings is 1. The van der Waals surface area contributed by atoms with Crippen molar-refractivity contribution in [3.05, 3.63) is 35.4 Å². The molecule has 3 rings (SSSR count). The standard InChI is InChI=1S/C20H26F2N2O3/c21-17-2-3-18(22)16(13-17)14-20(26)23-7-5-15(6-8-23)1-4-19(25)24-9-11-27-12-10-24/h2-3,13,15H,1,4-12,14H2. The van der Waals surface area contributed by atoms with E-state index in [2.05, 4.69) is 0 Å². The highest BCUT2D eigenvalue weighted by Crippen LogP contribution is 2.23. The lowest BCUT2D eigenvalue weighted by atomic mass is 9.91. The average molecular weight is 380 g/mol. The van der Waals surface area contributed by atoms with Crippen LogP contribution in [-0.2, 0) is 20.7 Å². The molecule has 1 aromatic rings. The van der Waals surface area contributed by atoms with Crippen molar-refractivity contribution in [2.75, 3.05) is 39.4 Å². The van der Waals surface area contributed by atoms with Gasteiger partial charge >= 0.3 is 0 Å². The Morgan fingerprint density at radius 2 is 1.67 bits per heavy atom. The third-order valence-corrected chi connectivity index (χ3v) is 5.45. The molecule has 27 heavy (non-hydrogen) atoms. The van der Waals surface area contributed by atoms with Crippen LogP contribution < -0.4 is 0 Å². The number of carbonyl (C=O) groups is 2. The summed E-state index contributed by atoms with van der Waals surface area (Å²) in [4.78, 5) is 28.2. The SMILES string of the molecule is O=C(CCC1CCN(C(=O)Cc2cc(F)ccc2F)CC1)N1CCOCC1. The molecule has 0 spiro atoms. The number of ether oxygens (including phenoxy) is 1. The van der Waals surface area contributed by atoms with Crippen LogP contribution in [0.1, 0.15) is 31.2 Å². The first kappa shape index (κ1) is 19.7. The van der Waals surface area contributed by atoms with Crippen LogP contribution in [0.4, 0.5) is 8.78 Å². The summed E-state index contributed by atoms with van der Waals surface area (Å²) >= 11 is 0. The van der Waals surface area contributed by atoms with Gasteiger partial charge in [-0.25, -0.2) is 8.78 Å². The lowest BCUT2D eigenvalue weighted by molar-refractivity contribution is -0.136. The third-order valence-electron chi connectivity index (χ3n) is 5.45. The molecule has 5 nitrogen and oxygen atoms in total. The Labute approximate surface area is 158 Å². The number of hydrogen-bond acceptors (Lipinski definition) is 3. The van der Waals surface area contributed by atoms with Crippen molar-refractivity contribution in [3.63, 3.8) is 0 Å². The Hall–Kier alpha value is -2.02. The normalized spacial score (nSPS) is 18.6. The molecule has 0 atom stereocenters. The van der Waals surface area contributed by atoms with Crippen molar-refractivity contribution in [1.82, 2.24) is 9.80 Å². The van der Waals surface area contributed by atoms with Gasteiger partial charge in [-0.15, -0.1) is 0 Å². The second-order valence-electron chi connectivity index (χ2n) is 7.27. The second kappa shape index (κ2) is 9.26. The van der Waals surface area contributed by atoms with Crippen molar-refractivity contribution in [3.8, 4) is 0 Å². The molecule has 0 saturated carbocycles. The molecule has 1 aromatic carbocycles. The fraction of sp³-hybridized carbons (Fsp3) is 0.600. The van der Waals surface area contributed by atoms with E-state index in [1.54, 1.807) is 4.90 Å². The van der Waals surface area contributed by atoms with E-state index in [1.165, 1.54) is 0 Å². The molecule has 2 aliphatic rings.